The van der Waals surface area contributed by atoms with Crippen molar-refractivity contribution in [1.29, 1.82) is 0 Å². The molecule has 0 spiro atoms. The van der Waals surface area contributed by atoms with Gasteiger partial charge in [-0.05, 0) is 23.8 Å². The second kappa shape index (κ2) is 9.92. The van der Waals surface area contributed by atoms with E-state index >= 15 is 0 Å². The summed E-state index contributed by atoms with van der Waals surface area (Å²) in [5.41, 5.74) is -0.285. The fourth-order valence-corrected chi connectivity index (χ4v) is 3.89. The van der Waals surface area contributed by atoms with E-state index in [9.17, 15) is 22.8 Å². The molecule has 0 aromatic heterocycles. The summed E-state index contributed by atoms with van der Waals surface area (Å²) in [5.74, 6) is -0.542. The normalized spacial score (nSPS) is 16.2. The van der Waals surface area contributed by atoms with E-state index in [4.69, 9.17) is 11.6 Å². The van der Waals surface area contributed by atoms with Gasteiger partial charge in [0.1, 0.15) is 6.04 Å². The Balaban J connectivity index is 1.83. The van der Waals surface area contributed by atoms with Gasteiger partial charge in [0.05, 0.1) is 16.3 Å². The Morgan fingerprint density at radius 2 is 1.62 bits per heavy atom. The first-order valence-electron chi connectivity index (χ1n) is 10.3. The highest BCUT2D eigenvalue weighted by atomic mass is 35.5. The summed E-state index contributed by atoms with van der Waals surface area (Å²) in [4.78, 5) is 29.3. The number of hydrogen-bond donors (Lipinski definition) is 1. The van der Waals surface area contributed by atoms with E-state index in [0.717, 1.165) is 18.2 Å². The third-order valence-electron chi connectivity index (χ3n) is 5.40. The summed E-state index contributed by atoms with van der Waals surface area (Å²) >= 11 is 6.07. The fourth-order valence-electron chi connectivity index (χ4n) is 3.73. The number of rotatable bonds is 5. The molecule has 2 amide bonds. The number of anilines is 1. The van der Waals surface area contributed by atoms with Crippen molar-refractivity contribution in [1.82, 2.24) is 9.80 Å². The summed E-state index contributed by atoms with van der Waals surface area (Å²) in [6, 6.07) is 11.1. The van der Waals surface area contributed by atoms with Crippen molar-refractivity contribution in [2.75, 3.05) is 31.5 Å². The average molecular weight is 468 g/mol. The van der Waals surface area contributed by atoms with Crippen molar-refractivity contribution in [3.63, 3.8) is 0 Å². The van der Waals surface area contributed by atoms with Crippen LogP contribution in [0.4, 0.5) is 18.9 Å². The molecule has 1 saturated heterocycles. The molecule has 2 aromatic carbocycles. The van der Waals surface area contributed by atoms with Gasteiger partial charge in [-0.1, -0.05) is 55.8 Å². The van der Waals surface area contributed by atoms with E-state index in [1.807, 2.05) is 24.8 Å². The number of amides is 2. The average Bonchev–Trinajstić information content (AvgIpc) is 2.75. The Hall–Kier alpha value is -2.58. The summed E-state index contributed by atoms with van der Waals surface area (Å²) < 4.78 is 39.3. The number of hydrogen-bond acceptors (Lipinski definition) is 3. The Kier molecular flexibility index (Phi) is 7.46. The monoisotopic (exact) mass is 467 g/mol. The summed E-state index contributed by atoms with van der Waals surface area (Å²) in [5, 5.41) is 2.60. The predicted molar refractivity (Wildman–Crippen MR) is 117 cm³/mol. The molecule has 1 aliphatic rings. The molecule has 0 bridgehead atoms. The molecular formula is C23H25ClF3N3O2. The van der Waals surface area contributed by atoms with Crippen molar-refractivity contribution >= 4 is 29.1 Å². The van der Waals surface area contributed by atoms with Crippen molar-refractivity contribution in [3.8, 4) is 0 Å². The minimum absolute atomic E-state index is 0.0190. The van der Waals surface area contributed by atoms with Gasteiger partial charge in [-0.25, -0.2) is 0 Å². The molecule has 1 N–H and O–H groups in total. The van der Waals surface area contributed by atoms with E-state index in [2.05, 4.69) is 5.32 Å². The van der Waals surface area contributed by atoms with Crippen LogP contribution < -0.4 is 5.32 Å². The van der Waals surface area contributed by atoms with Gasteiger partial charge in [-0.15, -0.1) is 0 Å². The maximum atomic E-state index is 13.3. The maximum Gasteiger partial charge on any atom is 0.416 e. The molecule has 0 aliphatic carbocycles. The Bertz CT molecular complexity index is 959. The van der Waals surface area contributed by atoms with Crippen LogP contribution >= 0.6 is 11.6 Å². The van der Waals surface area contributed by atoms with Crippen LogP contribution in [0, 0.1) is 5.92 Å². The molecule has 0 radical (unpaired) electrons. The Labute approximate surface area is 190 Å². The topological polar surface area (TPSA) is 52.7 Å². The molecule has 9 heteroatoms. The van der Waals surface area contributed by atoms with Crippen LogP contribution in [0.1, 0.15) is 31.0 Å². The van der Waals surface area contributed by atoms with Gasteiger partial charge >= 0.3 is 6.18 Å². The van der Waals surface area contributed by atoms with Crippen molar-refractivity contribution < 1.29 is 22.8 Å². The number of piperazine rings is 1. The highest BCUT2D eigenvalue weighted by Gasteiger charge is 2.34. The molecule has 1 atom stereocenters. The van der Waals surface area contributed by atoms with Gasteiger partial charge in [0, 0.05) is 32.1 Å². The van der Waals surface area contributed by atoms with Gasteiger partial charge in [-0.2, -0.15) is 13.2 Å². The SMILES string of the molecule is CC(C)C(=O)N1CCN([C@@H](C(=O)Nc2cc(C(F)(F)F)ccc2Cl)c2ccccc2)CC1. The third kappa shape index (κ3) is 5.61. The highest BCUT2D eigenvalue weighted by Crippen LogP contribution is 2.34. The lowest BCUT2D eigenvalue weighted by molar-refractivity contribution is -0.138. The van der Waals surface area contributed by atoms with Crippen LogP contribution in [-0.4, -0.2) is 47.8 Å². The van der Waals surface area contributed by atoms with Crippen molar-refractivity contribution in [3.05, 3.63) is 64.7 Å². The summed E-state index contributed by atoms with van der Waals surface area (Å²) in [6.07, 6.45) is -4.55. The van der Waals surface area contributed by atoms with Gasteiger partial charge in [0.2, 0.25) is 11.8 Å². The molecule has 3 rings (SSSR count). The molecule has 0 unspecified atom stereocenters. The Morgan fingerprint density at radius 3 is 2.19 bits per heavy atom. The van der Waals surface area contributed by atoms with E-state index in [0.29, 0.717) is 31.7 Å². The van der Waals surface area contributed by atoms with Crippen LogP contribution in [0.3, 0.4) is 0 Å². The third-order valence-corrected chi connectivity index (χ3v) is 5.73. The smallest absolute Gasteiger partial charge is 0.340 e. The van der Waals surface area contributed by atoms with Gasteiger partial charge in [0.15, 0.2) is 0 Å². The van der Waals surface area contributed by atoms with Gasteiger partial charge in [-0.3, -0.25) is 14.5 Å². The van der Waals surface area contributed by atoms with Crippen LogP contribution in [0.2, 0.25) is 5.02 Å². The van der Waals surface area contributed by atoms with E-state index in [1.54, 1.807) is 29.2 Å². The molecular weight excluding hydrogens is 443 g/mol. The van der Waals surface area contributed by atoms with Crippen LogP contribution in [0.25, 0.3) is 0 Å². The largest absolute Gasteiger partial charge is 0.416 e. The zero-order valence-electron chi connectivity index (χ0n) is 17.8. The molecule has 2 aromatic rings. The number of nitrogens with one attached hydrogen (secondary N) is 1. The van der Waals surface area contributed by atoms with Crippen molar-refractivity contribution in [2.24, 2.45) is 5.92 Å². The minimum Gasteiger partial charge on any atom is -0.340 e. The first-order chi connectivity index (χ1) is 15.1. The predicted octanol–water partition coefficient (Wildman–Crippen LogP) is 4.84. The van der Waals surface area contributed by atoms with E-state index in [-0.39, 0.29) is 22.5 Å². The van der Waals surface area contributed by atoms with Crippen molar-refractivity contribution in [2.45, 2.75) is 26.1 Å². The fraction of sp³-hybridized carbons (Fsp3) is 0.391. The molecule has 172 valence electrons. The molecule has 1 heterocycles. The number of benzene rings is 2. The van der Waals surface area contributed by atoms with Crippen LogP contribution in [0.5, 0.6) is 0 Å². The van der Waals surface area contributed by atoms with E-state index in [1.165, 1.54) is 0 Å². The minimum atomic E-state index is -4.55. The number of carbonyl (C=O) groups excluding carboxylic acids is 2. The molecule has 1 fully saturated rings. The second-order valence-corrected chi connectivity index (χ2v) is 8.42. The first-order valence-corrected chi connectivity index (χ1v) is 10.7. The second-order valence-electron chi connectivity index (χ2n) is 8.01. The first kappa shape index (κ1) is 24.1. The lowest BCUT2D eigenvalue weighted by Crippen LogP contribution is -2.52. The zero-order chi connectivity index (χ0) is 23.5. The standard InChI is InChI=1S/C23H25ClF3N3O2/c1-15(2)22(32)30-12-10-29(11-13-30)20(16-6-4-3-5-7-16)21(31)28-19-14-17(23(25,26)27)8-9-18(19)24/h3-9,14-15,20H,10-13H2,1-2H3,(H,28,31)/t20-/m1/s1. The van der Waals surface area contributed by atoms with Gasteiger partial charge in [0.25, 0.3) is 0 Å². The van der Waals surface area contributed by atoms with Crippen LogP contribution in [-0.2, 0) is 15.8 Å². The number of nitrogens with zero attached hydrogens (tertiary/aromatic N) is 2. The highest BCUT2D eigenvalue weighted by molar-refractivity contribution is 6.33. The summed E-state index contributed by atoms with van der Waals surface area (Å²) in [7, 11) is 0. The molecule has 32 heavy (non-hydrogen) atoms. The molecule has 1 aliphatic heterocycles. The maximum absolute atomic E-state index is 13.3. The number of halogens is 4. The Morgan fingerprint density at radius 1 is 1.00 bits per heavy atom. The summed E-state index contributed by atoms with van der Waals surface area (Å²) in [6.45, 7) is 5.54. The lowest BCUT2D eigenvalue weighted by atomic mass is 10.0. The van der Waals surface area contributed by atoms with Gasteiger partial charge < -0.3 is 10.2 Å². The lowest BCUT2D eigenvalue weighted by Gasteiger charge is -2.39. The number of carbonyl (C=O) groups is 2. The molecule has 0 saturated carbocycles. The zero-order valence-corrected chi connectivity index (χ0v) is 18.6. The quantitative estimate of drug-likeness (QED) is 0.684. The van der Waals surface area contributed by atoms with E-state index < -0.39 is 23.7 Å². The number of alkyl halides is 3. The van der Waals surface area contributed by atoms with Crippen LogP contribution in [0.15, 0.2) is 48.5 Å². The molecule has 5 nitrogen and oxygen atoms in total.